The summed E-state index contributed by atoms with van der Waals surface area (Å²) >= 11 is 0. The van der Waals surface area contributed by atoms with Crippen molar-refractivity contribution in [3.05, 3.63) is 66.1 Å². The molecule has 2 aromatic carbocycles. The largest absolute Gasteiger partial charge is 0.489 e. The summed E-state index contributed by atoms with van der Waals surface area (Å²) in [6.07, 6.45) is 0. The normalized spacial score (nSPS) is 11.0. The number of hydrogen-bond acceptors (Lipinski definition) is 5. The number of aromatic nitrogens is 2. The Kier molecular flexibility index (Phi) is 5.35. The third-order valence-corrected chi connectivity index (χ3v) is 3.54. The van der Waals surface area contributed by atoms with Crippen molar-refractivity contribution in [3.63, 3.8) is 0 Å². The van der Waals surface area contributed by atoms with E-state index in [1.54, 1.807) is 30.3 Å². The van der Waals surface area contributed by atoms with Crippen molar-refractivity contribution in [3.8, 4) is 17.1 Å². The van der Waals surface area contributed by atoms with Crippen LogP contribution >= 0.6 is 0 Å². The number of hydrogen-bond donors (Lipinski definition) is 0. The molecule has 7 heteroatoms. The van der Waals surface area contributed by atoms with Crippen LogP contribution in [-0.2, 0) is 6.54 Å². The van der Waals surface area contributed by atoms with Crippen LogP contribution in [0.3, 0.4) is 0 Å². The molecule has 130 valence electrons. The lowest BCUT2D eigenvalue weighted by atomic mass is 10.2. The molecule has 0 aliphatic carbocycles. The van der Waals surface area contributed by atoms with E-state index in [1.807, 2.05) is 11.9 Å². The molecule has 25 heavy (non-hydrogen) atoms. The highest BCUT2D eigenvalue weighted by Crippen LogP contribution is 2.17. The first kappa shape index (κ1) is 17.0. The molecular formula is C18H17F2N3O2. The van der Waals surface area contributed by atoms with E-state index in [4.69, 9.17) is 9.26 Å². The molecule has 3 aromatic rings. The summed E-state index contributed by atoms with van der Waals surface area (Å²) in [4.78, 5) is 6.21. The third-order valence-electron chi connectivity index (χ3n) is 3.54. The maximum absolute atomic E-state index is 13.5. The highest BCUT2D eigenvalue weighted by molar-refractivity contribution is 5.53. The van der Waals surface area contributed by atoms with Crippen LogP contribution in [0.1, 0.15) is 5.89 Å². The fourth-order valence-electron chi connectivity index (χ4n) is 2.22. The van der Waals surface area contributed by atoms with Crippen molar-refractivity contribution >= 4 is 0 Å². The molecule has 0 radical (unpaired) electrons. The predicted molar refractivity (Wildman–Crippen MR) is 87.9 cm³/mol. The van der Waals surface area contributed by atoms with Crippen molar-refractivity contribution in [2.45, 2.75) is 6.54 Å². The minimum absolute atomic E-state index is 0.229. The number of ether oxygens (including phenoxy) is 1. The molecule has 0 amide bonds. The van der Waals surface area contributed by atoms with E-state index >= 15 is 0 Å². The fourth-order valence-corrected chi connectivity index (χ4v) is 2.22. The minimum atomic E-state index is -0.383. The molecule has 0 saturated carbocycles. The van der Waals surface area contributed by atoms with Gasteiger partial charge in [0, 0.05) is 12.1 Å². The van der Waals surface area contributed by atoms with Crippen molar-refractivity contribution in [1.29, 1.82) is 0 Å². The molecule has 0 spiro atoms. The summed E-state index contributed by atoms with van der Waals surface area (Å²) in [7, 11) is 1.87. The van der Waals surface area contributed by atoms with Gasteiger partial charge in [0.05, 0.1) is 6.54 Å². The van der Waals surface area contributed by atoms with Gasteiger partial charge in [-0.1, -0.05) is 17.3 Å². The van der Waals surface area contributed by atoms with Crippen LogP contribution in [0.25, 0.3) is 11.4 Å². The van der Waals surface area contributed by atoms with Gasteiger partial charge >= 0.3 is 0 Å². The topological polar surface area (TPSA) is 51.4 Å². The first-order valence-electron chi connectivity index (χ1n) is 7.76. The van der Waals surface area contributed by atoms with Gasteiger partial charge in [0.2, 0.25) is 11.7 Å². The Morgan fingerprint density at radius 1 is 1.08 bits per heavy atom. The molecule has 1 heterocycles. The second-order valence-electron chi connectivity index (χ2n) is 5.54. The van der Waals surface area contributed by atoms with E-state index < -0.39 is 0 Å². The molecule has 0 aliphatic heterocycles. The Bertz CT molecular complexity index is 821. The van der Waals surface area contributed by atoms with E-state index in [1.165, 1.54) is 18.2 Å². The van der Waals surface area contributed by atoms with Gasteiger partial charge in [-0.3, -0.25) is 4.90 Å². The van der Waals surface area contributed by atoms with Crippen LogP contribution in [0.5, 0.6) is 5.75 Å². The monoisotopic (exact) mass is 345 g/mol. The number of halogens is 2. The summed E-state index contributed by atoms with van der Waals surface area (Å²) in [6.45, 7) is 1.31. The average molecular weight is 345 g/mol. The van der Waals surface area contributed by atoms with Crippen LogP contribution in [0, 0.1) is 11.6 Å². The number of likely N-dealkylation sites (N-methyl/N-ethyl adjacent to an activating group) is 1. The van der Waals surface area contributed by atoms with Gasteiger partial charge < -0.3 is 9.26 Å². The van der Waals surface area contributed by atoms with E-state index in [2.05, 4.69) is 10.1 Å². The van der Waals surface area contributed by atoms with Crippen molar-refractivity contribution in [1.82, 2.24) is 15.0 Å². The van der Waals surface area contributed by atoms with Gasteiger partial charge in [0.1, 0.15) is 12.4 Å². The zero-order valence-electron chi connectivity index (χ0n) is 13.7. The highest BCUT2D eigenvalue weighted by Gasteiger charge is 2.11. The smallest absolute Gasteiger partial charge is 0.241 e. The molecule has 0 fully saturated rings. The zero-order valence-corrected chi connectivity index (χ0v) is 13.7. The highest BCUT2D eigenvalue weighted by atomic mass is 19.1. The number of benzene rings is 2. The molecule has 5 nitrogen and oxygen atoms in total. The average Bonchev–Trinajstić information content (AvgIpc) is 3.05. The van der Waals surface area contributed by atoms with Gasteiger partial charge in [0.25, 0.3) is 0 Å². The van der Waals surface area contributed by atoms with Crippen LogP contribution in [0.15, 0.2) is 53.1 Å². The minimum Gasteiger partial charge on any atom is -0.489 e. The Hall–Kier alpha value is -2.80. The summed E-state index contributed by atoms with van der Waals surface area (Å²) in [5.41, 5.74) is 0.682. The maximum Gasteiger partial charge on any atom is 0.241 e. The Labute approximate surface area is 143 Å². The van der Waals surface area contributed by atoms with Gasteiger partial charge in [0.15, 0.2) is 11.6 Å². The van der Waals surface area contributed by atoms with Crippen LogP contribution < -0.4 is 4.74 Å². The Morgan fingerprint density at radius 3 is 2.60 bits per heavy atom. The molecule has 0 bridgehead atoms. The lowest BCUT2D eigenvalue weighted by Gasteiger charge is -2.14. The van der Waals surface area contributed by atoms with E-state index in [0.29, 0.717) is 37.0 Å². The summed E-state index contributed by atoms with van der Waals surface area (Å²) in [5.74, 6) is 0.374. The molecule has 1 aromatic heterocycles. The van der Waals surface area contributed by atoms with E-state index in [9.17, 15) is 8.78 Å². The van der Waals surface area contributed by atoms with Gasteiger partial charge in [-0.15, -0.1) is 0 Å². The summed E-state index contributed by atoms with van der Waals surface area (Å²) in [6, 6.07) is 12.2. The summed E-state index contributed by atoms with van der Waals surface area (Å²) in [5, 5.41) is 3.89. The first-order valence-corrected chi connectivity index (χ1v) is 7.76. The third kappa shape index (κ3) is 4.60. The lowest BCUT2D eigenvalue weighted by molar-refractivity contribution is 0.208. The Morgan fingerprint density at radius 2 is 1.84 bits per heavy atom. The van der Waals surface area contributed by atoms with Crippen molar-refractivity contribution < 1.29 is 18.0 Å². The summed E-state index contributed by atoms with van der Waals surface area (Å²) < 4.78 is 37.0. The second kappa shape index (κ2) is 7.85. The molecular weight excluding hydrogens is 328 g/mol. The Balaban J connectivity index is 1.50. The molecule has 0 atom stereocenters. The van der Waals surface area contributed by atoms with E-state index in [0.717, 1.165) is 0 Å². The SMILES string of the molecule is CN(CCOc1ccccc1F)Cc1nc(-c2ccc(F)cc2)no1. The van der Waals surface area contributed by atoms with Gasteiger partial charge in [-0.2, -0.15) is 4.98 Å². The molecule has 3 rings (SSSR count). The number of para-hydroxylation sites is 1. The maximum atomic E-state index is 13.5. The quantitative estimate of drug-likeness (QED) is 0.656. The van der Waals surface area contributed by atoms with Crippen LogP contribution in [-0.4, -0.2) is 35.2 Å². The van der Waals surface area contributed by atoms with Crippen molar-refractivity contribution in [2.24, 2.45) is 0 Å². The van der Waals surface area contributed by atoms with E-state index in [-0.39, 0.29) is 17.4 Å². The zero-order chi connectivity index (χ0) is 17.6. The van der Waals surface area contributed by atoms with Gasteiger partial charge in [-0.25, -0.2) is 8.78 Å². The standard InChI is InChI=1S/C18H17F2N3O2/c1-23(10-11-24-16-5-3-2-4-15(16)20)12-17-21-18(22-25-17)13-6-8-14(19)9-7-13/h2-9H,10-12H2,1H3. The van der Waals surface area contributed by atoms with Crippen molar-refractivity contribution in [2.75, 3.05) is 20.2 Å². The fraction of sp³-hybridized carbons (Fsp3) is 0.222. The predicted octanol–water partition coefficient (Wildman–Crippen LogP) is 3.53. The molecule has 0 saturated heterocycles. The number of nitrogens with zero attached hydrogens (tertiary/aromatic N) is 3. The first-order chi connectivity index (χ1) is 12.1. The second-order valence-corrected chi connectivity index (χ2v) is 5.54. The lowest BCUT2D eigenvalue weighted by Crippen LogP contribution is -2.24. The molecule has 0 unspecified atom stereocenters. The van der Waals surface area contributed by atoms with Gasteiger partial charge in [-0.05, 0) is 43.4 Å². The molecule has 0 N–H and O–H groups in total. The number of rotatable bonds is 7. The molecule has 0 aliphatic rings. The van der Waals surface area contributed by atoms with Crippen LogP contribution in [0.2, 0.25) is 0 Å². The van der Waals surface area contributed by atoms with Crippen LogP contribution in [0.4, 0.5) is 8.78 Å².